The van der Waals surface area contributed by atoms with Gasteiger partial charge in [0.1, 0.15) is 11.7 Å². The minimum Gasteiger partial charge on any atom is -0.301 e. The Hall–Kier alpha value is -2.33. The van der Waals surface area contributed by atoms with Crippen molar-refractivity contribution in [2.75, 3.05) is 11.9 Å². The molecule has 1 atom stereocenters. The van der Waals surface area contributed by atoms with E-state index in [9.17, 15) is 13.2 Å². The van der Waals surface area contributed by atoms with Gasteiger partial charge in [0.05, 0.1) is 10.6 Å². The van der Waals surface area contributed by atoms with E-state index >= 15 is 0 Å². The van der Waals surface area contributed by atoms with Gasteiger partial charge in [-0.05, 0) is 49.2 Å². The first-order valence-corrected chi connectivity index (χ1v) is 11.6. The minimum absolute atomic E-state index is 0.119. The number of anilines is 1. The van der Waals surface area contributed by atoms with Crippen LogP contribution in [0.1, 0.15) is 12.8 Å². The number of nitrogens with zero attached hydrogens (tertiary/aromatic N) is 3. The summed E-state index contributed by atoms with van der Waals surface area (Å²) in [5.74, 6) is -0.387. The van der Waals surface area contributed by atoms with Gasteiger partial charge < -0.3 is 5.32 Å². The lowest BCUT2D eigenvalue weighted by Crippen LogP contribution is -2.43. The lowest BCUT2D eigenvalue weighted by Gasteiger charge is -2.23. The number of thiazole rings is 1. The monoisotopic (exact) mass is 448 g/mol. The fraction of sp³-hybridized carbons (Fsp3) is 0.211. The normalized spacial score (nSPS) is 17.3. The average molecular weight is 449 g/mol. The molecule has 1 fully saturated rings. The maximum absolute atomic E-state index is 13.0. The first-order valence-electron chi connectivity index (χ1n) is 8.90. The Morgan fingerprint density at radius 1 is 1.17 bits per heavy atom. The molecule has 29 heavy (non-hydrogen) atoms. The highest BCUT2D eigenvalue weighted by atomic mass is 35.5. The lowest BCUT2D eigenvalue weighted by molar-refractivity contribution is -0.119. The smallest absolute Gasteiger partial charge is 0.244 e. The first-order chi connectivity index (χ1) is 13.9. The lowest BCUT2D eigenvalue weighted by atomic mass is 10.2. The van der Waals surface area contributed by atoms with Crippen LogP contribution in [0.15, 0.2) is 58.9 Å². The molecule has 7 nitrogen and oxygen atoms in total. The van der Waals surface area contributed by atoms with Crippen LogP contribution in [-0.2, 0) is 14.8 Å². The molecule has 1 aliphatic rings. The summed E-state index contributed by atoms with van der Waals surface area (Å²) < 4.78 is 27.2. The molecule has 3 aromatic rings. The van der Waals surface area contributed by atoms with Crippen LogP contribution in [0, 0.1) is 0 Å². The van der Waals surface area contributed by atoms with Gasteiger partial charge in [-0.1, -0.05) is 17.7 Å². The van der Waals surface area contributed by atoms with Crippen LogP contribution in [0.25, 0.3) is 11.4 Å². The van der Waals surface area contributed by atoms with Crippen LogP contribution < -0.4 is 5.32 Å². The Labute approximate surface area is 177 Å². The fourth-order valence-corrected chi connectivity index (χ4v) is 5.67. The molecular formula is C19H17ClN4O3S2. The highest BCUT2D eigenvalue weighted by Crippen LogP contribution is 2.29. The van der Waals surface area contributed by atoms with Crippen molar-refractivity contribution in [3.05, 3.63) is 59.1 Å². The molecule has 1 amide bonds. The summed E-state index contributed by atoms with van der Waals surface area (Å²) in [5.41, 5.74) is 1.36. The Morgan fingerprint density at radius 3 is 2.69 bits per heavy atom. The van der Waals surface area contributed by atoms with E-state index in [0.29, 0.717) is 40.9 Å². The third-order valence-electron chi connectivity index (χ3n) is 4.59. The number of carbonyl (C=O) groups excluding carboxylic acids is 1. The van der Waals surface area contributed by atoms with Crippen LogP contribution in [-0.4, -0.2) is 41.2 Å². The standard InChI is InChI=1S/C19H17ClN4O3S2/c20-13-6-8-14(9-7-13)29(26,27)24-11-3-5-17(24)18(25)23-19-22-16(12-28-19)15-4-1-2-10-21-15/h1-2,4,6-10,12,17H,3,5,11H2,(H,22,23,25). The average Bonchev–Trinajstić information content (AvgIpc) is 3.39. The van der Waals surface area contributed by atoms with Crippen molar-refractivity contribution in [3.63, 3.8) is 0 Å². The molecule has 0 saturated carbocycles. The third kappa shape index (κ3) is 4.18. The number of sulfonamides is 1. The van der Waals surface area contributed by atoms with E-state index in [-0.39, 0.29) is 10.8 Å². The first kappa shape index (κ1) is 20.0. The maximum atomic E-state index is 13.0. The van der Waals surface area contributed by atoms with Gasteiger partial charge in [0.2, 0.25) is 15.9 Å². The molecule has 10 heteroatoms. The van der Waals surface area contributed by atoms with E-state index in [0.717, 1.165) is 0 Å². The molecule has 0 spiro atoms. The second-order valence-corrected chi connectivity index (χ2v) is 9.65. The number of amides is 1. The summed E-state index contributed by atoms with van der Waals surface area (Å²) in [6.45, 7) is 0.292. The van der Waals surface area contributed by atoms with E-state index in [4.69, 9.17) is 11.6 Å². The maximum Gasteiger partial charge on any atom is 0.244 e. The zero-order valence-electron chi connectivity index (χ0n) is 15.2. The van der Waals surface area contributed by atoms with Gasteiger partial charge in [-0.2, -0.15) is 4.31 Å². The molecule has 0 aliphatic carbocycles. The molecule has 3 heterocycles. The van der Waals surface area contributed by atoms with Crippen LogP contribution in [0.5, 0.6) is 0 Å². The fourth-order valence-electron chi connectivity index (χ4n) is 3.18. The minimum atomic E-state index is -3.79. The van der Waals surface area contributed by atoms with Crippen molar-refractivity contribution >= 4 is 44.0 Å². The van der Waals surface area contributed by atoms with Gasteiger partial charge in [0.25, 0.3) is 0 Å². The molecule has 2 aromatic heterocycles. The summed E-state index contributed by atoms with van der Waals surface area (Å²) >= 11 is 7.13. The largest absolute Gasteiger partial charge is 0.301 e. The number of rotatable bonds is 5. The molecular weight excluding hydrogens is 432 g/mol. The number of pyridine rings is 1. The van der Waals surface area contributed by atoms with Crippen LogP contribution in [0.3, 0.4) is 0 Å². The zero-order valence-corrected chi connectivity index (χ0v) is 17.5. The van der Waals surface area contributed by atoms with Crippen LogP contribution >= 0.6 is 22.9 Å². The van der Waals surface area contributed by atoms with Gasteiger partial charge in [-0.3, -0.25) is 9.78 Å². The number of carbonyl (C=O) groups is 1. The summed E-state index contributed by atoms with van der Waals surface area (Å²) in [4.78, 5) is 21.6. The third-order valence-corrected chi connectivity index (χ3v) is 7.52. The summed E-state index contributed by atoms with van der Waals surface area (Å²) in [6, 6.07) is 10.7. The topological polar surface area (TPSA) is 92.3 Å². The summed E-state index contributed by atoms with van der Waals surface area (Å²) in [7, 11) is -3.79. The molecule has 0 radical (unpaired) electrons. The van der Waals surface area contributed by atoms with Gasteiger partial charge in [0.15, 0.2) is 5.13 Å². The van der Waals surface area contributed by atoms with Crippen molar-refractivity contribution < 1.29 is 13.2 Å². The molecule has 0 bridgehead atoms. The van der Waals surface area contributed by atoms with Crippen molar-refractivity contribution in [2.45, 2.75) is 23.8 Å². The number of hydrogen-bond donors (Lipinski definition) is 1. The summed E-state index contributed by atoms with van der Waals surface area (Å²) in [6.07, 6.45) is 2.74. The van der Waals surface area contributed by atoms with E-state index < -0.39 is 16.1 Å². The predicted molar refractivity (Wildman–Crippen MR) is 112 cm³/mol. The molecule has 1 aliphatic heterocycles. The molecule has 4 rings (SSSR count). The summed E-state index contributed by atoms with van der Waals surface area (Å²) in [5, 5.41) is 5.41. The molecule has 1 aromatic carbocycles. The van der Waals surface area contributed by atoms with E-state index in [1.807, 2.05) is 18.2 Å². The highest BCUT2D eigenvalue weighted by Gasteiger charge is 2.39. The van der Waals surface area contributed by atoms with Crippen molar-refractivity contribution in [2.24, 2.45) is 0 Å². The quantitative estimate of drug-likeness (QED) is 0.643. The van der Waals surface area contributed by atoms with Crippen LogP contribution in [0.4, 0.5) is 5.13 Å². The van der Waals surface area contributed by atoms with Gasteiger partial charge in [0, 0.05) is 23.1 Å². The number of aromatic nitrogens is 2. The van der Waals surface area contributed by atoms with Crippen molar-refractivity contribution in [1.29, 1.82) is 0 Å². The number of halogens is 1. The van der Waals surface area contributed by atoms with Crippen LogP contribution in [0.2, 0.25) is 5.02 Å². The molecule has 1 unspecified atom stereocenters. The molecule has 1 N–H and O–H groups in total. The number of benzene rings is 1. The van der Waals surface area contributed by atoms with E-state index in [1.165, 1.54) is 39.9 Å². The Kier molecular flexibility index (Phi) is 5.64. The SMILES string of the molecule is O=C(Nc1nc(-c2ccccn2)cs1)C1CCCN1S(=O)(=O)c1ccc(Cl)cc1. The Balaban J connectivity index is 1.51. The van der Waals surface area contributed by atoms with E-state index in [2.05, 4.69) is 15.3 Å². The van der Waals surface area contributed by atoms with Crippen molar-refractivity contribution in [1.82, 2.24) is 14.3 Å². The number of nitrogens with one attached hydrogen (secondary N) is 1. The number of hydrogen-bond acceptors (Lipinski definition) is 6. The second kappa shape index (κ2) is 8.19. The molecule has 1 saturated heterocycles. The predicted octanol–water partition coefficient (Wildman–Crippen LogP) is 3.65. The molecule has 150 valence electrons. The zero-order chi connectivity index (χ0) is 20.4. The Bertz CT molecular complexity index is 1120. The highest BCUT2D eigenvalue weighted by molar-refractivity contribution is 7.89. The Morgan fingerprint density at radius 2 is 1.97 bits per heavy atom. The van der Waals surface area contributed by atoms with Gasteiger partial charge >= 0.3 is 0 Å². The second-order valence-electron chi connectivity index (χ2n) is 6.47. The van der Waals surface area contributed by atoms with Gasteiger partial charge in [-0.15, -0.1) is 11.3 Å². The van der Waals surface area contributed by atoms with E-state index in [1.54, 1.807) is 11.6 Å². The van der Waals surface area contributed by atoms with Crippen molar-refractivity contribution in [3.8, 4) is 11.4 Å². The van der Waals surface area contributed by atoms with Gasteiger partial charge in [-0.25, -0.2) is 13.4 Å².